The van der Waals surface area contributed by atoms with E-state index in [4.69, 9.17) is 10.00 Å². The Hall–Kier alpha value is -2.61. The van der Waals surface area contributed by atoms with E-state index in [0.29, 0.717) is 18.1 Å². The molecule has 1 aliphatic rings. The Morgan fingerprint density at radius 1 is 1.32 bits per heavy atom. The first-order chi connectivity index (χ1) is 9.36. The first kappa shape index (κ1) is 11.5. The van der Waals surface area contributed by atoms with Gasteiger partial charge in [0.2, 0.25) is 0 Å². The number of fused-ring (bicyclic) bond motifs is 1. The van der Waals surface area contributed by atoms with Gasteiger partial charge in [0.25, 0.3) is 0 Å². The second-order valence-electron chi connectivity index (χ2n) is 4.30. The molecule has 1 aliphatic heterocycles. The predicted octanol–water partition coefficient (Wildman–Crippen LogP) is 1.76. The van der Waals surface area contributed by atoms with Crippen molar-refractivity contribution in [1.82, 2.24) is 9.97 Å². The summed E-state index contributed by atoms with van der Waals surface area (Å²) in [7, 11) is 0. The normalized spacial score (nSPS) is 16.3. The Balaban J connectivity index is 1.65. The van der Waals surface area contributed by atoms with Gasteiger partial charge < -0.3 is 10.1 Å². The van der Waals surface area contributed by atoms with E-state index in [1.54, 1.807) is 6.20 Å². The summed E-state index contributed by atoms with van der Waals surface area (Å²) in [6, 6.07) is 10.0. The fourth-order valence-electron chi connectivity index (χ4n) is 2.13. The molecule has 94 valence electrons. The lowest BCUT2D eigenvalue weighted by Gasteiger charge is -2.12. The van der Waals surface area contributed by atoms with Crippen LogP contribution in [-0.4, -0.2) is 22.6 Å². The smallest absolute Gasteiger partial charge is 0.182 e. The molecule has 5 nitrogen and oxygen atoms in total. The van der Waals surface area contributed by atoms with E-state index >= 15 is 0 Å². The molecule has 0 radical (unpaired) electrons. The number of hydrogen-bond donors (Lipinski definition) is 1. The third kappa shape index (κ3) is 2.33. The zero-order chi connectivity index (χ0) is 13.1. The second-order valence-corrected chi connectivity index (χ2v) is 4.30. The predicted molar refractivity (Wildman–Crippen MR) is 69.8 cm³/mol. The van der Waals surface area contributed by atoms with Crippen LogP contribution in [0.2, 0.25) is 0 Å². The molecule has 1 aromatic heterocycles. The molecular formula is C14H12N4O. The van der Waals surface area contributed by atoms with Gasteiger partial charge in [-0.1, -0.05) is 18.2 Å². The van der Waals surface area contributed by atoms with Crippen LogP contribution in [0.1, 0.15) is 11.3 Å². The van der Waals surface area contributed by atoms with Crippen molar-refractivity contribution in [1.29, 1.82) is 5.26 Å². The van der Waals surface area contributed by atoms with Crippen LogP contribution in [0, 0.1) is 11.3 Å². The van der Waals surface area contributed by atoms with Crippen LogP contribution in [0.25, 0.3) is 0 Å². The van der Waals surface area contributed by atoms with Gasteiger partial charge in [0, 0.05) is 18.8 Å². The number of nitrogens with zero attached hydrogens (tertiary/aromatic N) is 3. The van der Waals surface area contributed by atoms with Crippen molar-refractivity contribution in [3.05, 3.63) is 47.9 Å². The monoisotopic (exact) mass is 252 g/mol. The summed E-state index contributed by atoms with van der Waals surface area (Å²) in [6.45, 7) is 0.599. The highest BCUT2D eigenvalue weighted by molar-refractivity contribution is 5.47. The molecule has 1 N–H and O–H groups in total. The lowest BCUT2D eigenvalue weighted by atomic mass is 10.1. The molecule has 0 amide bonds. The Labute approximate surface area is 110 Å². The van der Waals surface area contributed by atoms with Gasteiger partial charge in [0.1, 0.15) is 17.9 Å². The van der Waals surface area contributed by atoms with E-state index in [2.05, 4.69) is 21.4 Å². The van der Waals surface area contributed by atoms with Crippen LogP contribution in [-0.2, 0) is 6.42 Å². The van der Waals surface area contributed by atoms with Crippen molar-refractivity contribution in [3.8, 4) is 11.8 Å². The third-order valence-electron chi connectivity index (χ3n) is 3.02. The largest absolute Gasteiger partial charge is 0.488 e. The van der Waals surface area contributed by atoms with Gasteiger partial charge in [-0.25, -0.2) is 9.97 Å². The SMILES string of the molecule is N#Cc1nccnc1NCC1Cc2ccccc2O1. The molecule has 1 unspecified atom stereocenters. The molecular weight excluding hydrogens is 240 g/mol. The number of aromatic nitrogens is 2. The molecule has 0 spiro atoms. The zero-order valence-electron chi connectivity index (χ0n) is 10.2. The van der Waals surface area contributed by atoms with Gasteiger partial charge in [-0.15, -0.1) is 0 Å². The third-order valence-corrected chi connectivity index (χ3v) is 3.02. The molecule has 0 saturated heterocycles. The Morgan fingerprint density at radius 2 is 2.16 bits per heavy atom. The fraction of sp³-hybridized carbons (Fsp3) is 0.214. The highest BCUT2D eigenvalue weighted by Gasteiger charge is 2.22. The summed E-state index contributed by atoms with van der Waals surface area (Å²) in [5.41, 5.74) is 1.52. The van der Waals surface area contributed by atoms with Gasteiger partial charge in [0.15, 0.2) is 11.5 Å². The molecule has 5 heteroatoms. The molecule has 3 rings (SSSR count). The Morgan fingerprint density at radius 3 is 3.00 bits per heavy atom. The number of para-hydroxylation sites is 1. The Kier molecular flexibility index (Phi) is 2.99. The standard InChI is InChI=1S/C14H12N4O/c15-8-12-14(17-6-5-16-12)18-9-11-7-10-3-1-2-4-13(10)19-11/h1-6,11H,7,9H2,(H,17,18). The number of benzene rings is 1. The number of hydrogen-bond acceptors (Lipinski definition) is 5. The number of rotatable bonds is 3. The zero-order valence-corrected chi connectivity index (χ0v) is 10.2. The van der Waals surface area contributed by atoms with Crippen molar-refractivity contribution < 1.29 is 4.74 Å². The first-order valence-corrected chi connectivity index (χ1v) is 6.06. The number of nitrogens with one attached hydrogen (secondary N) is 1. The van der Waals surface area contributed by atoms with E-state index in [-0.39, 0.29) is 6.10 Å². The topological polar surface area (TPSA) is 70.8 Å². The fourth-order valence-corrected chi connectivity index (χ4v) is 2.13. The van der Waals surface area contributed by atoms with Crippen molar-refractivity contribution in [2.45, 2.75) is 12.5 Å². The van der Waals surface area contributed by atoms with Crippen molar-refractivity contribution in [2.24, 2.45) is 0 Å². The number of anilines is 1. The minimum Gasteiger partial charge on any atom is -0.488 e. The highest BCUT2D eigenvalue weighted by Crippen LogP contribution is 2.28. The summed E-state index contributed by atoms with van der Waals surface area (Å²) in [5.74, 6) is 1.44. The van der Waals surface area contributed by atoms with Gasteiger partial charge in [-0.2, -0.15) is 5.26 Å². The van der Waals surface area contributed by atoms with Crippen molar-refractivity contribution >= 4 is 5.82 Å². The maximum atomic E-state index is 8.93. The number of nitriles is 1. The van der Waals surface area contributed by atoms with Crippen molar-refractivity contribution in [2.75, 3.05) is 11.9 Å². The minimum absolute atomic E-state index is 0.0611. The molecule has 0 saturated carbocycles. The van der Waals surface area contributed by atoms with Crippen molar-refractivity contribution in [3.63, 3.8) is 0 Å². The highest BCUT2D eigenvalue weighted by atomic mass is 16.5. The van der Waals surface area contributed by atoms with E-state index in [9.17, 15) is 0 Å². The van der Waals surface area contributed by atoms with Crippen LogP contribution in [0.15, 0.2) is 36.7 Å². The van der Waals surface area contributed by atoms with E-state index in [1.807, 2.05) is 24.3 Å². The Bertz CT molecular complexity index is 610. The summed E-state index contributed by atoms with van der Waals surface area (Å²) >= 11 is 0. The van der Waals surface area contributed by atoms with Crippen LogP contribution in [0.4, 0.5) is 5.82 Å². The molecule has 0 bridgehead atoms. The molecule has 2 heterocycles. The molecule has 0 fully saturated rings. The van der Waals surface area contributed by atoms with Gasteiger partial charge in [0.05, 0.1) is 6.54 Å². The quantitative estimate of drug-likeness (QED) is 0.901. The molecule has 19 heavy (non-hydrogen) atoms. The average Bonchev–Trinajstić information content (AvgIpc) is 2.88. The minimum atomic E-state index is 0.0611. The van der Waals surface area contributed by atoms with Gasteiger partial charge >= 0.3 is 0 Å². The van der Waals surface area contributed by atoms with E-state index in [1.165, 1.54) is 11.8 Å². The molecule has 1 aromatic carbocycles. The summed E-state index contributed by atoms with van der Waals surface area (Å²) < 4.78 is 5.81. The van der Waals surface area contributed by atoms with Crippen LogP contribution in [0.5, 0.6) is 5.75 Å². The number of ether oxygens (including phenoxy) is 1. The molecule has 0 aliphatic carbocycles. The van der Waals surface area contributed by atoms with Crippen LogP contribution >= 0.6 is 0 Å². The average molecular weight is 252 g/mol. The summed E-state index contributed by atoms with van der Waals surface area (Å²) in [5, 5.41) is 12.0. The first-order valence-electron chi connectivity index (χ1n) is 6.06. The molecule has 2 aromatic rings. The van der Waals surface area contributed by atoms with Gasteiger partial charge in [-0.05, 0) is 11.6 Å². The summed E-state index contributed by atoms with van der Waals surface area (Å²) in [4.78, 5) is 8.06. The molecule has 1 atom stereocenters. The van der Waals surface area contributed by atoms with Crippen LogP contribution < -0.4 is 10.1 Å². The lowest BCUT2D eigenvalue weighted by Crippen LogP contribution is -2.24. The summed E-state index contributed by atoms with van der Waals surface area (Å²) in [6.07, 6.45) is 4.00. The van der Waals surface area contributed by atoms with Crippen LogP contribution in [0.3, 0.4) is 0 Å². The maximum Gasteiger partial charge on any atom is 0.182 e. The second kappa shape index (κ2) is 4.94. The van der Waals surface area contributed by atoms with E-state index < -0.39 is 0 Å². The van der Waals surface area contributed by atoms with E-state index in [0.717, 1.165) is 12.2 Å². The van der Waals surface area contributed by atoms with Gasteiger partial charge in [-0.3, -0.25) is 0 Å². The lowest BCUT2D eigenvalue weighted by molar-refractivity contribution is 0.246. The maximum absolute atomic E-state index is 8.93.